The largest absolute Gasteiger partial charge is 0.461 e. The standard InChI is InChI=1S/C21H29N5O8/c1-6-15(32-12(4)28)16-7-17(33-13(5)29)19(34-16)26-18-14(8-23-20(22)24-18)25(21(26)30)9-10(2)31-11(3)27/h8,10,15-17,19H,6-7,9H2,1-5H3,(H2,22,23,24)/t10-,15+,16+,17-,19-/m1/s1. The number of fused-ring (bicyclic) bond motifs is 1. The van der Waals surface area contributed by atoms with Crippen molar-refractivity contribution in [3.63, 3.8) is 0 Å². The first-order chi connectivity index (χ1) is 16.0. The summed E-state index contributed by atoms with van der Waals surface area (Å²) in [4.78, 5) is 56.4. The van der Waals surface area contributed by atoms with E-state index < -0.39 is 54.2 Å². The maximum atomic E-state index is 13.5. The van der Waals surface area contributed by atoms with Crippen molar-refractivity contribution in [1.29, 1.82) is 0 Å². The van der Waals surface area contributed by atoms with E-state index in [4.69, 9.17) is 24.7 Å². The van der Waals surface area contributed by atoms with Gasteiger partial charge in [-0.05, 0) is 13.3 Å². The van der Waals surface area contributed by atoms with Crippen molar-refractivity contribution in [2.24, 2.45) is 0 Å². The molecule has 0 aliphatic carbocycles. The lowest BCUT2D eigenvalue weighted by Crippen LogP contribution is -2.35. The third-order valence-electron chi connectivity index (χ3n) is 5.33. The molecule has 5 atom stereocenters. The average Bonchev–Trinajstić information content (AvgIpc) is 3.23. The van der Waals surface area contributed by atoms with Gasteiger partial charge >= 0.3 is 23.6 Å². The van der Waals surface area contributed by atoms with Crippen molar-refractivity contribution in [1.82, 2.24) is 19.1 Å². The van der Waals surface area contributed by atoms with Crippen LogP contribution < -0.4 is 11.4 Å². The van der Waals surface area contributed by atoms with E-state index in [1.807, 2.05) is 6.92 Å². The monoisotopic (exact) mass is 479 g/mol. The van der Waals surface area contributed by atoms with Gasteiger partial charge in [-0.25, -0.2) is 14.3 Å². The van der Waals surface area contributed by atoms with Crippen molar-refractivity contribution in [3.8, 4) is 0 Å². The van der Waals surface area contributed by atoms with E-state index in [2.05, 4.69) is 9.97 Å². The number of ether oxygens (including phenoxy) is 4. The number of nitrogen functional groups attached to an aromatic ring is 1. The SMILES string of the molecule is CC[C@H](OC(C)=O)[C@@H]1C[C@@H](OC(C)=O)[C@H](n2c(=O)n(C[C@@H](C)OC(C)=O)c3cnc(N)nc32)O1. The van der Waals surface area contributed by atoms with Gasteiger partial charge in [0, 0.05) is 27.2 Å². The number of rotatable bonds is 8. The van der Waals surface area contributed by atoms with Gasteiger partial charge in [-0.2, -0.15) is 4.98 Å². The number of anilines is 1. The molecule has 2 aromatic rings. The van der Waals surface area contributed by atoms with Gasteiger partial charge in [0.05, 0.1) is 12.7 Å². The lowest BCUT2D eigenvalue weighted by atomic mass is 10.1. The number of nitrogens with zero attached hydrogens (tertiary/aromatic N) is 4. The van der Waals surface area contributed by atoms with Gasteiger partial charge in [0.15, 0.2) is 11.9 Å². The van der Waals surface area contributed by atoms with Crippen molar-refractivity contribution in [3.05, 3.63) is 16.7 Å². The molecule has 0 aromatic carbocycles. The van der Waals surface area contributed by atoms with E-state index in [1.165, 1.54) is 36.1 Å². The van der Waals surface area contributed by atoms with Crippen molar-refractivity contribution in [2.45, 2.75) is 84.6 Å². The summed E-state index contributed by atoms with van der Waals surface area (Å²) in [6.07, 6.45) is -1.74. The van der Waals surface area contributed by atoms with E-state index in [0.717, 1.165) is 0 Å². The Bertz CT molecular complexity index is 1140. The van der Waals surface area contributed by atoms with Crippen LogP contribution in [0.5, 0.6) is 0 Å². The number of aromatic nitrogens is 4. The topological polar surface area (TPSA) is 167 Å². The number of carbonyl (C=O) groups is 3. The van der Waals surface area contributed by atoms with Crippen molar-refractivity contribution < 1.29 is 33.3 Å². The van der Waals surface area contributed by atoms with E-state index in [1.54, 1.807) is 6.92 Å². The fourth-order valence-corrected chi connectivity index (χ4v) is 4.14. The summed E-state index contributed by atoms with van der Waals surface area (Å²) in [7, 11) is 0. The highest BCUT2D eigenvalue weighted by Gasteiger charge is 2.44. The molecule has 1 saturated heterocycles. The highest BCUT2D eigenvalue weighted by atomic mass is 16.6. The highest BCUT2D eigenvalue weighted by Crippen LogP contribution is 2.35. The minimum atomic E-state index is -1.06. The Kier molecular flexibility index (Phi) is 7.54. The zero-order valence-corrected chi connectivity index (χ0v) is 19.7. The molecule has 3 rings (SSSR count). The zero-order valence-electron chi connectivity index (χ0n) is 19.7. The number of carbonyl (C=O) groups excluding carboxylic acids is 3. The van der Waals surface area contributed by atoms with E-state index in [-0.39, 0.29) is 24.6 Å². The van der Waals surface area contributed by atoms with Crippen LogP contribution in [0, 0.1) is 0 Å². The number of nitrogens with two attached hydrogens (primary N) is 1. The number of imidazole rings is 1. The molecule has 3 heterocycles. The minimum Gasteiger partial charge on any atom is -0.461 e. The summed E-state index contributed by atoms with van der Waals surface area (Å²) in [6, 6.07) is 0. The van der Waals surface area contributed by atoms with Crippen LogP contribution in [-0.4, -0.2) is 61.4 Å². The molecular weight excluding hydrogens is 450 g/mol. The van der Waals surface area contributed by atoms with Gasteiger partial charge in [0.1, 0.15) is 29.9 Å². The summed E-state index contributed by atoms with van der Waals surface area (Å²) in [5.41, 5.74) is 5.74. The molecule has 0 bridgehead atoms. The summed E-state index contributed by atoms with van der Waals surface area (Å²) in [5.74, 6) is -1.60. The van der Waals surface area contributed by atoms with Crippen LogP contribution in [-0.2, 0) is 39.9 Å². The molecule has 0 spiro atoms. The van der Waals surface area contributed by atoms with Gasteiger partial charge in [0.2, 0.25) is 5.95 Å². The van der Waals surface area contributed by atoms with Crippen LogP contribution in [0.3, 0.4) is 0 Å². The minimum absolute atomic E-state index is 0.0224. The van der Waals surface area contributed by atoms with Crippen LogP contribution in [0.15, 0.2) is 11.0 Å². The molecule has 0 unspecified atom stereocenters. The fraction of sp³-hybridized carbons (Fsp3) is 0.619. The van der Waals surface area contributed by atoms with Crippen molar-refractivity contribution >= 4 is 35.0 Å². The molecule has 13 nitrogen and oxygen atoms in total. The Morgan fingerprint density at radius 3 is 2.47 bits per heavy atom. The fourth-order valence-electron chi connectivity index (χ4n) is 4.14. The molecule has 2 N–H and O–H groups in total. The quantitative estimate of drug-likeness (QED) is 0.418. The lowest BCUT2D eigenvalue weighted by molar-refractivity contribution is -0.158. The second-order valence-corrected chi connectivity index (χ2v) is 8.13. The second kappa shape index (κ2) is 10.2. The smallest absolute Gasteiger partial charge is 0.332 e. The van der Waals surface area contributed by atoms with E-state index >= 15 is 0 Å². The molecule has 34 heavy (non-hydrogen) atoms. The molecule has 0 radical (unpaired) electrons. The van der Waals surface area contributed by atoms with Gasteiger partial charge in [0.25, 0.3) is 0 Å². The van der Waals surface area contributed by atoms with Gasteiger partial charge in [-0.15, -0.1) is 0 Å². The van der Waals surface area contributed by atoms with Crippen LogP contribution in [0.25, 0.3) is 11.2 Å². The molecule has 1 aliphatic heterocycles. The molecular formula is C21H29N5O8. The molecule has 186 valence electrons. The molecule has 0 amide bonds. The third-order valence-corrected chi connectivity index (χ3v) is 5.33. The Morgan fingerprint density at radius 2 is 1.88 bits per heavy atom. The molecule has 13 heteroatoms. The molecule has 0 saturated carbocycles. The molecule has 2 aromatic heterocycles. The highest BCUT2D eigenvalue weighted by molar-refractivity contribution is 5.72. The Hall–Kier alpha value is -3.48. The first-order valence-electron chi connectivity index (χ1n) is 10.9. The Morgan fingerprint density at radius 1 is 1.21 bits per heavy atom. The Labute approximate surface area is 195 Å². The summed E-state index contributed by atoms with van der Waals surface area (Å²) in [6.45, 7) is 7.31. The predicted octanol–water partition coefficient (Wildman–Crippen LogP) is 0.688. The summed E-state index contributed by atoms with van der Waals surface area (Å²) < 4.78 is 24.7. The maximum Gasteiger partial charge on any atom is 0.332 e. The normalized spacial score (nSPS) is 21.7. The van der Waals surface area contributed by atoms with Crippen LogP contribution >= 0.6 is 0 Å². The predicted molar refractivity (Wildman–Crippen MR) is 117 cm³/mol. The van der Waals surface area contributed by atoms with Gasteiger partial charge in [-0.1, -0.05) is 6.92 Å². The third kappa shape index (κ3) is 5.35. The van der Waals surface area contributed by atoms with Crippen LogP contribution in [0.4, 0.5) is 5.95 Å². The van der Waals surface area contributed by atoms with E-state index in [9.17, 15) is 19.2 Å². The average molecular weight is 479 g/mol. The second-order valence-electron chi connectivity index (χ2n) is 8.13. The molecule has 1 fully saturated rings. The van der Waals surface area contributed by atoms with Gasteiger partial charge in [-0.3, -0.25) is 19.0 Å². The lowest BCUT2D eigenvalue weighted by Gasteiger charge is -2.22. The van der Waals surface area contributed by atoms with E-state index in [0.29, 0.717) is 11.9 Å². The van der Waals surface area contributed by atoms with Crippen LogP contribution in [0.2, 0.25) is 0 Å². The first-order valence-corrected chi connectivity index (χ1v) is 10.9. The van der Waals surface area contributed by atoms with Crippen LogP contribution in [0.1, 0.15) is 53.7 Å². The number of hydrogen-bond donors (Lipinski definition) is 1. The summed E-state index contributed by atoms with van der Waals surface area (Å²) >= 11 is 0. The van der Waals surface area contributed by atoms with Gasteiger partial charge < -0.3 is 24.7 Å². The first kappa shape index (κ1) is 25.1. The maximum absolute atomic E-state index is 13.5. The number of esters is 3. The van der Waals surface area contributed by atoms with Crippen molar-refractivity contribution in [2.75, 3.05) is 5.73 Å². The summed E-state index contributed by atoms with van der Waals surface area (Å²) in [5, 5.41) is 0. The zero-order chi connectivity index (χ0) is 25.2. The Balaban J connectivity index is 2.08. The molecule has 1 aliphatic rings. The number of hydrogen-bond acceptors (Lipinski definition) is 11.